The molecule has 0 aliphatic carbocycles. The van der Waals surface area contributed by atoms with Crippen LogP contribution in [-0.4, -0.2) is 12.6 Å². The zero-order valence-electron chi connectivity index (χ0n) is 16.9. The molecule has 0 fully saturated rings. The standard InChI is InChI=1S/C24H32O3/c1-4-7-8-9-19-10-12-20(13-11-19)23(6-3)27-24(25)21-14-16-22(17-15-21)26-18-5-2/h10-17,23H,4-9,18H2,1-3H3. The Kier molecular flexibility index (Phi) is 8.90. The maximum absolute atomic E-state index is 12.5. The van der Waals surface area contributed by atoms with Gasteiger partial charge in [0.15, 0.2) is 0 Å². The van der Waals surface area contributed by atoms with Gasteiger partial charge >= 0.3 is 5.97 Å². The van der Waals surface area contributed by atoms with Gasteiger partial charge in [0.1, 0.15) is 11.9 Å². The molecule has 2 aromatic carbocycles. The van der Waals surface area contributed by atoms with Crippen LogP contribution in [0.2, 0.25) is 0 Å². The number of benzene rings is 2. The number of carbonyl (C=O) groups is 1. The summed E-state index contributed by atoms with van der Waals surface area (Å²) < 4.78 is 11.3. The highest BCUT2D eigenvalue weighted by Crippen LogP contribution is 2.24. The van der Waals surface area contributed by atoms with Gasteiger partial charge in [-0.15, -0.1) is 0 Å². The maximum atomic E-state index is 12.5. The van der Waals surface area contributed by atoms with Crippen LogP contribution >= 0.6 is 0 Å². The first-order chi connectivity index (χ1) is 13.2. The number of ether oxygens (including phenoxy) is 2. The average molecular weight is 369 g/mol. The number of rotatable bonds is 11. The normalized spacial score (nSPS) is 11.8. The van der Waals surface area contributed by atoms with Crippen LogP contribution < -0.4 is 4.74 Å². The van der Waals surface area contributed by atoms with Crippen molar-refractivity contribution in [2.75, 3.05) is 6.61 Å². The Morgan fingerprint density at radius 1 is 0.889 bits per heavy atom. The van der Waals surface area contributed by atoms with Gasteiger partial charge in [-0.05, 0) is 61.1 Å². The van der Waals surface area contributed by atoms with Gasteiger partial charge in [0.05, 0.1) is 12.2 Å². The van der Waals surface area contributed by atoms with E-state index in [1.165, 1.54) is 24.8 Å². The van der Waals surface area contributed by atoms with Crippen LogP contribution in [-0.2, 0) is 11.2 Å². The molecule has 0 aliphatic rings. The average Bonchev–Trinajstić information content (AvgIpc) is 2.71. The first-order valence-corrected chi connectivity index (χ1v) is 10.2. The molecule has 0 saturated carbocycles. The molecule has 0 aliphatic heterocycles. The molecule has 3 nitrogen and oxygen atoms in total. The number of aryl methyl sites for hydroxylation is 1. The summed E-state index contributed by atoms with van der Waals surface area (Å²) in [5, 5.41) is 0. The molecule has 3 heteroatoms. The van der Waals surface area contributed by atoms with E-state index in [0.717, 1.165) is 30.6 Å². The number of carbonyl (C=O) groups excluding carboxylic acids is 1. The van der Waals surface area contributed by atoms with Crippen LogP contribution in [0, 0.1) is 0 Å². The smallest absolute Gasteiger partial charge is 0.338 e. The number of esters is 1. The van der Waals surface area contributed by atoms with Gasteiger partial charge < -0.3 is 9.47 Å². The van der Waals surface area contributed by atoms with Gasteiger partial charge in [-0.3, -0.25) is 0 Å². The first-order valence-electron chi connectivity index (χ1n) is 10.2. The van der Waals surface area contributed by atoms with Crippen LogP contribution in [0.1, 0.15) is 80.5 Å². The summed E-state index contributed by atoms with van der Waals surface area (Å²) in [5.41, 5.74) is 2.94. The fraction of sp³-hybridized carbons (Fsp3) is 0.458. The second-order valence-electron chi connectivity index (χ2n) is 6.87. The van der Waals surface area contributed by atoms with E-state index in [-0.39, 0.29) is 12.1 Å². The lowest BCUT2D eigenvalue weighted by Gasteiger charge is -2.17. The van der Waals surface area contributed by atoms with E-state index in [1.807, 2.05) is 19.1 Å². The molecule has 2 rings (SSSR count). The minimum Gasteiger partial charge on any atom is -0.494 e. The van der Waals surface area contributed by atoms with Crippen molar-refractivity contribution in [1.29, 1.82) is 0 Å². The van der Waals surface area contributed by atoms with Gasteiger partial charge in [-0.25, -0.2) is 4.79 Å². The third-order valence-electron chi connectivity index (χ3n) is 4.60. The molecule has 0 amide bonds. The van der Waals surface area contributed by atoms with E-state index in [4.69, 9.17) is 9.47 Å². The summed E-state index contributed by atoms with van der Waals surface area (Å²) in [4.78, 5) is 12.5. The largest absolute Gasteiger partial charge is 0.494 e. The van der Waals surface area contributed by atoms with Crippen molar-refractivity contribution in [2.24, 2.45) is 0 Å². The maximum Gasteiger partial charge on any atom is 0.338 e. The molecule has 1 atom stereocenters. The second-order valence-corrected chi connectivity index (χ2v) is 6.87. The number of hydrogen-bond donors (Lipinski definition) is 0. The van der Waals surface area contributed by atoms with Crippen LogP contribution in [0.5, 0.6) is 5.75 Å². The van der Waals surface area contributed by atoms with Gasteiger partial charge in [0.2, 0.25) is 0 Å². The predicted octanol–water partition coefficient (Wildman–Crippen LogP) is 6.52. The molecule has 0 spiro atoms. The third kappa shape index (κ3) is 6.74. The zero-order chi connectivity index (χ0) is 19.5. The molecule has 0 bridgehead atoms. The van der Waals surface area contributed by atoms with Crippen molar-refractivity contribution in [3.63, 3.8) is 0 Å². The Morgan fingerprint density at radius 2 is 1.59 bits per heavy atom. The molecule has 2 aromatic rings. The molecule has 0 saturated heterocycles. The fourth-order valence-corrected chi connectivity index (χ4v) is 2.97. The fourth-order valence-electron chi connectivity index (χ4n) is 2.97. The molecule has 0 radical (unpaired) electrons. The van der Waals surface area contributed by atoms with Crippen molar-refractivity contribution in [2.45, 2.75) is 65.4 Å². The predicted molar refractivity (Wildman–Crippen MR) is 110 cm³/mol. The number of unbranched alkanes of at least 4 members (excludes halogenated alkanes) is 2. The zero-order valence-corrected chi connectivity index (χ0v) is 16.9. The third-order valence-corrected chi connectivity index (χ3v) is 4.60. The van der Waals surface area contributed by atoms with Crippen molar-refractivity contribution >= 4 is 5.97 Å². The Balaban J connectivity index is 1.95. The van der Waals surface area contributed by atoms with Crippen molar-refractivity contribution < 1.29 is 14.3 Å². The van der Waals surface area contributed by atoms with Crippen LogP contribution in [0.4, 0.5) is 0 Å². The lowest BCUT2D eigenvalue weighted by molar-refractivity contribution is 0.0288. The van der Waals surface area contributed by atoms with E-state index in [2.05, 4.69) is 38.1 Å². The number of hydrogen-bond acceptors (Lipinski definition) is 3. The van der Waals surface area contributed by atoms with Crippen LogP contribution in [0.15, 0.2) is 48.5 Å². The Labute approximate surface area is 163 Å². The van der Waals surface area contributed by atoms with Gasteiger partial charge in [0, 0.05) is 0 Å². The molecular weight excluding hydrogens is 336 g/mol. The molecule has 1 unspecified atom stereocenters. The van der Waals surface area contributed by atoms with Crippen LogP contribution in [0.3, 0.4) is 0 Å². The van der Waals surface area contributed by atoms with E-state index < -0.39 is 0 Å². The summed E-state index contributed by atoms with van der Waals surface area (Å²) in [7, 11) is 0. The molecule has 146 valence electrons. The van der Waals surface area contributed by atoms with E-state index in [9.17, 15) is 4.79 Å². The van der Waals surface area contributed by atoms with Gasteiger partial charge in [-0.1, -0.05) is 57.9 Å². The Hall–Kier alpha value is -2.29. The minimum absolute atomic E-state index is 0.224. The Bertz CT molecular complexity index is 674. The molecular formula is C24H32O3. The minimum atomic E-state index is -0.295. The van der Waals surface area contributed by atoms with E-state index in [0.29, 0.717) is 12.2 Å². The summed E-state index contributed by atoms with van der Waals surface area (Å²) >= 11 is 0. The molecule has 0 heterocycles. The monoisotopic (exact) mass is 368 g/mol. The van der Waals surface area contributed by atoms with Gasteiger partial charge in [0.25, 0.3) is 0 Å². The molecule has 27 heavy (non-hydrogen) atoms. The first kappa shape index (κ1) is 21.0. The SMILES string of the molecule is CCCCCc1ccc(C(CC)OC(=O)c2ccc(OCCC)cc2)cc1. The summed E-state index contributed by atoms with van der Waals surface area (Å²) in [6.45, 7) is 6.99. The Morgan fingerprint density at radius 3 is 2.19 bits per heavy atom. The van der Waals surface area contributed by atoms with Crippen LogP contribution in [0.25, 0.3) is 0 Å². The van der Waals surface area contributed by atoms with Crippen molar-refractivity contribution in [1.82, 2.24) is 0 Å². The topological polar surface area (TPSA) is 35.5 Å². The summed E-state index contributed by atoms with van der Waals surface area (Å²) in [5.74, 6) is 0.481. The van der Waals surface area contributed by atoms with E-state index >= 15 is 0 Å². The highest BCUT2D eigenvalue weighted by molar-refractivity contribution is 5.89. The van der Waals surface area contributed by atoms with E-state index in [1.54, 1.807) is 12.1 Å². The summed E-state index contributed by atoms with van der Waals surface area (Å²) in [6.07, 6.45) is 6.31. The highest BCUT2D eigenvalue weighted by atomic mass is 16.5. The highest BCUT2D eigenvalue weighted by Gasteiger charge is 2.16. The lowest BCUT2D eigenvalue weighted by atomic mass is 10.0. The van der Waals surface area contributed by atoms with Crippen molar-refractivity contribution in [3.05, 3.63) is 65.2 Å². The quantitative estimate of drug-likeness (QED) is 0.335. The molecule has 0 aromatic heterocycles. The van der Waals surface area contributed by atoms with Crippen molar-refractivity contribution in [3.8, 4) is 5.75 Å². The lowest BCUT2D eigenvalue weighted by Crippen LogP contribution is -2.11. The second kappa shape index (κ2) is 11.4. The summed E-state index contributed by atoms with van der Waals surface area (Å²) in [6, 6.07) is 15.6. The van der Waals surface area contributed by atoms with Gasteiger partial charge in [-0.2, -0.15) is 0 Å². The molecule has 0 N–H and O–H groups in total.